The van der Waals surface area contributed by atoms with Gasteiger partial charge in [0.2, 0.25) is 0 Å². The Balaban J connectivity index is 1.76. The Hall–Kier alpha value is -3.61. The van der Waals surface area contributed by atoms with Crippen LogP contribution in [0.25, 0.3) is 21.8 Å². The minimum Gasteiger partial charge on any atom is -0.480 e. The van der Waals surface area contributed by atoms with Gasteiger partial charge < -0.3 is 9.67 Å². The average Bonchev–Trinajstić information content (AvgIpc) is 3.16. The topological polar surface area (TPSA) is 86.2 Å². The summed E-state index contributed by atoms with van der Waals surface area (Å²) in [6.07, 6.45) is 6.31. The summed E-state index contributed by atoms with van der Waals surface area (Å²) in [5, 5.41) is 11.6. The number of carbonyl (C=O) groups is 1. The van der Waals surface area contributed by atoms with Gasteiger partial charge in [-0.3, -0.25) is 9.36 Å². The zero-order chi connectivity index (χ0) is 24.0. The zero-order valence-electron chi connectivity index (χ0n) is 19.5. The summed E-state index contributed by atoms with van der Waals surface area (Å²) in [5.41, 5.74) is 2.55. The number of nitrogens with zero attached hydrogens (tertiary/aromatic N) is 3. The third-order valence-corrected chi connectivity index (χ3v) is 7.34. The molecule has 1 aliphatic carbocycles. The van der Waals surface area contributed by atoms with E-state index >= 15 is 0 Å². The lowest BCUT2D eigenvalue weighted by Gasteiger charge is -2.29. The van der Waals surface area contributed by atoms with Crippen molar-refractivity contribution >= 4 is 27.8 Å². The van der Waals surface area contributed by atoms with Crippen molar-refractivity contribution in [2.75, 3.05) is 0 Å². The van der Waals surface area contributed by atoms with E-state index in [9.17, 15) is 19.5 Å². The van der Waals surface area contributed by atoms with Crippen molar-refractivity contribution in [1.29, 1.82) is 0 Å². The molecule has 5 rings (SSSR count). The Morgan fingerprint density at radius 3 is 2.47 bits per heavy atom. The van der Waals surface area contributed by atoms with Crippen LogP contribution in [0.2, 0.25) is 0 Å². The third kappa shape index (κ3) is 3.56. The molecular weight excluding hydrogens is 430 g/mol. The molecule has 7 nitrogen and oxygen atoms in total. The zero-order valence-corrected chi connectivity index (χ0v) is 19.5. The van der Waals surface area contributed by atoms with E-state index in [4.69, 9.17) is 0 Å². The van der Waals surface area contributed by atoms with Gasteiger partial charge in [0.25, 0.3) is 5.56 Å². The molecule has 1 unspecified atom stereocenters. The van der Waals surface area contributed by atoms with Crippen molar-refractivity contribution in [3.63, 3.8) is 0 Å². The number of benzene rings is 2. The van der Waals surface area contributed by atoms with Crippen molar-refractivity contribution in [1.82, 2.24) is 13.7 Å². The highest BCUT2D eigenvalue weighted by Gasteiger charge is 2.34. The van der Waals surface area contributed by atoms with Crippen LogP contribution in [0.15, 0.2) is 58.3 Å². The Labute approximate surface area is 196 Å². The maximum atomic E-state index is 13.9. The first kappa shape index (κ1) is 22.2. The standard InChI is InChI=1S/C27H29N3O4/c1-17-9-8-14-22-23(17)19(15-28(22)2)16-29-21-13-7-6-12-20(21)25(31)30(27(29)34)24(26(32)33)18-10-4-3-5-11-18/h6-9,12-15,18,24H,3-5,10-11,16H2,1-2H3,(H,32,33). The average molecular weight is 460 g/mol. The van der Waals surface area contributed by atoms with Crippen molar-refractivity contribution in [2.45, 2.75) is 51.6 Å². The number of hydrogen-bond acceptors (Lipinski definition) is 3. The first-order chi connectivity index (χ1) is 16.4. The van der Waals surface area contributed by atoms with Gasteiger partial charge >= 0.3 is 11.7 Å². The van der Waals surface area contributed by atoms with Gasteiger partial charge in [-0.1, -0.05) is 43.5 Å². The second kappa shape index (κ2) is 8.63. The van der Waals surface area contributed by atoms with Crippen molar-refractivity contribution < 1.29 is 9.90 Å². The summed E-state index contributed by atoms with van der Waals surface area (Å²) < 4.78 is 4.61. The normalized spacial score (nSPS) is 15.7. The van der Waals surface area contributed by atoms with Crippen LogP contribution in [-0.2, 0) is 18.4 Å². The molecule has 2 aromatic heterocycles. The fourth-order valence-electron chi connectivity index (χ4n) is 5.73. The van der Waals surface area contributed by atoms with E-state index < -0.39 is 23.3 Å². The van der Waals surface area contributed by atoms with Gasteiger partial charge in [0, 0.05) is 24.1 Å². The number of aromatic nitrogens is 3. The molecule has 176 valence electrons. The van der Waals surface area contributed by atoms with E-state index in [0.29, 0.717) is 23.7 Å². The Bertz CT molecular complexity index is 1520. The number of para-hydroxylation sites is 1. The predicted octanol–water partition coefficient (Wildman–Crippen LogP) is 4.22. The number of fused-ring (bicyclic) bond motifs is 2. The van der Waals surface area contributed by atoms with E-state index in [1.165, 1.54) is 0 Å². The number of carboxylic acids is 1. The summed E-state index contributed by atoms with van der Waals surface area (Å²) in [6, 6.07) is 11.9. The van der Waals surface area contributed by atoms with Crippen molar-refractivity contribution in [3.05, 3.63) is 80.6 Å². The number of aryl methyl sites for hydroxylation is 2. The quantitative estimate of drug-likeness (QED) is 0.484. The molecule has 0 amide bonds. The number of carboxylic acid groups (broad SMARTS) is 1. The van der Waals surface area contributed by atoms with Gasteiger partial charge in [-0.15, -0.1) is 0 Å². The number of aliphatic carboxylic acids is 1. The molecule has 0 radical (unpaired) electrons. The van der Waals surface area contributed by atoms with Crippen LogP contribution in [0.3, 0.4) is 0 Å². The van der Waals surface area contributed by atoms with Crippen LogP contribution in [0.5, 0.6) is 0 Å². The number of hydrogen-bond donors (Lipinski definition) is 1. The van der Waals surface area contributed by atoms with Gasteiger partial charge in [-0.05, 0) is 55.0 Å². The molecule has 0 aliphatic heterocycles. The highest BCUT2D eigenvalue weighted by Crippen LogP contribution is 2.32. The van der Waals surface area contributed by atoms with E-state index in [0.717, 1.165) is 45.9 Å². The summed E-state index contributed by atoms with van der Waals surface area (Å²) >= 11 is 0. The van der Waals surface area contributed by atoms with Gasteiger partial charge in [-0.2, -0.15) is 0 Å². The van der Waals surface area contributed by atoms with Gasteiger partial charge in [0.15, 0.2) is 0 Å². The van der Waals surface area contributed by atoms with Gasteiger partial charge in [0.1, 0.15) is 6.04 Å². The molecule has 0 saturated heterocycles. The summed E-state index contributed by atoms with van der Waals surface area (Å²) in [6.45, 7) is 2.29. The van der Waals surface area contributed by atoms with E-state index in [2.05, 4.69) is 0 Å². The van der Waals surface area contributed by atoms with Crippen molar-refractivity contribution in [2.24, 2.45) is 13.0 Å². The second-order valence-electron chi connectivity index (χ2n) is 9.48. The van der Waals surface area contributed by atoms with E-state index in [1.807, 2.05) is 42.9 Å². The molecule has 7 heteroatoms. The van der Waals surface area contributed by atoms with Crippen molar-refractivity contribution in [3.8, 4) is 0 Å². The van der Waals surface area contributed by atoms with Gasteiger partial charge in [0.05, 0.1) is 17.4 Å². The fraction of sp³-hybridized carbons (Fsp3) is 0.370. The molecule has 2 aromatic carbocycles. The molecule has 0 bridgehead atoms. The van der Waals surface area contributed by atoms with Gasteiger partial charge in [-0.25, -0.2) is 14.2 Å². The van der Waals surface area contributed by atoms with Crippen LogP contribution in [-0.4, -0.2) is 24.8 Å². The molecule has 1 fully saturated rings. The maximum absolute atomic E-state index is 13.9. The Morgan fingerprint density at radius 1 is 1.03 bits per heavy atom. The predicted molar refractivity (Wildman–Crippen MR) is 132 cm³/mol. The summed E-state index contributed by atoms with van der Waals surface area (Å²) in [7, 11) is 1.97. The molecular formula is C27H29N3O4. The second-order valence-corrected chi connectivity index (χ2v) is 9.48. The van der Waals surface area contributed by atoms with Crippen LogP contribution in [0, 0.1) is 12.8 Å². The molecule has 1 atom stereocenters. The Kier molecular flexibility index (Phi) is 5.63. The molecule has 34 heavy (non-hydrogen) atoms. The van der Waals surface area contributed by atoms with Crippen LogP contribution in [0.1, 0.15) is 49.3 Å². The smallest absolute Gasteiger partial charge is 0.332 e. The van der Waals surface area contributed by atoms with Crippen LogP contribution < -0.4 is 11.2 Å². The minimum atomic E-state index is -1.16. The van der Waals surface area contributed by atoms with E-state index in [1.54, 1.807) is 28.8 Å². The summed E-state index contributed by atoms with van der Waals surface area (Å²) in [4.78, 5) is 39.8. The highest BCUT2D eigenvalue weighted by atomic mass is 16.4. The summed E-state index contributed by atoms with van der Waals surface area (Å²) in [5.74, 6) is -1.35. The first-order valence-corrected chi connectivity index (χ1v) is 11.9. The molecule has 4 aromatic rings. The largest absolute Gasteiger partial charge is 0.480 e. The van der Waals surface area contributed by atoms with Crippen LogP contribution >= 0.6 is 0 Å². The van der Waals surface area contributed by atoms with Crippen LogP contribution in [0.4, 0.5) is 0 Å². The third-order valence-electron chi connectivity index (χ3n) is 7.34. The molecule has 0 spiro atoms. The highest BCUT2D eigenvalue weighted by molar-refractivity contribution is 5.87. The monoisotopic (exact) mass is 459 g/mol. The SMILES string of the molecule is Cc1cccc2c1c(Cn1c(=O)n(C(C(=O)O)C3CCCCC3)c(=O)c3ccccc31)cn2C. The number of rotatable bonds is 5. The lowest BCUT2D eigenvalue weighted by Crippen LogP contribution is -2.47. The van der Waals surface area contributed by atoms with E-state index in [-0.39, 0.29) is 12.5 Å². The molecule has 1 saturated carbocycles. The lowest BCUT2D eigenvalue weighted by molar-refractivity contribution is -0.143. The molecule has 1 aliphatic rings. The molecule has 2 heterocycles. The minimum absolute atomic E-state index is 0.230. The lowest BCUT2D eigenvalue weighted by atomic mass is 9.83. The first-order valence-electron chi connectivity index (χ1n) is 11.9. The Morgan fingerprint density at radius 2 is 1.74 bits per heavy atom. The fourth-order valence-corrected chi connectivity index (χ4v) is 5.73. The maximum Gasteiger partial charge on any atom is 0.332 e. The molecule has 1 N–H and O–H groups in total.